The highest BCUT2D eigenvalue weighted by Crippen LogP contribution is 2.21. The van der Waals surface area contributed by atoms with Crippen LogP contribution in [0.3, 0.4) is 0 Å². The molecule has 1 unspecified atom stereocenters. The van der Waals surface area contributed by atoms with Crippen LogP contribution in [0.25, 0.3) is 0 Å². The number of hydrogen-bond acceptors (Lipinski definition) is 3. The molecule has 0 aromatic heterocycles. The summed E-state index contributed by atoms with van der Waals surface area (Å²) in [4.78, 5) is 21.9. The Bertz CT molecular complexity index is 271. The Labute approximate surface area is 88.1 Å². The zero-order chi connectivity index (χ0) is 10.6. The number of alkyl halides is 1. The third-order valence-corrected chi connectivity index (χ3v) is 2.37. The SMILES string of the molecule is CC(=O)OC(C=C1CCCC1=O)CCl. The summed E-state index contributed by atoms with van der Waals surface area (Å²) in [5.74, 6) is -0.0404. The van der Waals surface area contributed by atoms with Gasteiger partial charge in [-0.05, 0) is 24.5 Å². The van der Waals surface area contributed by atoms with E-state index in [9.17, 15) is 9.59 Å². The van der Waals surface area contributed by atoms with Crippen LogP contribution in [-0.2, 0) is 14.3 Å². The first-order valence-electron chi connectivity index (χ1n) is 4.60. The molecule has 1 aliphatic rings. The molecule has 0 N–H and O–H groups in total. The molecule has 1 aliphatic carbocycles. The summed E-state index contributed by atoms with van der Waals surface area (Å²) in [6, 6.07) is 0. The van der Waals surface area contributed by atoms with E-state index in [1.165, 1.54) is 6.92 Å². The van der Waals surface area contributed by atoms with E-state index in [4.69, 9.17) is 16.3 Å². The van der Waals surface area contributed by atoms with Crippen LogP contribution in [0.4, 0.5) is 0 Å². The number of Topliss-reactive ketones (excluding diaryl/α,β-unsaturated/α-hetero) is 1. The van der Waals surface area contributed by atoms with Crippen molar-refractivity contribution in [1.29, 1.82) is 0 Å². The molecule has 14 heavy (non-hydrogen) atoms. The number of carbonyl (C=O) groups is 2. The molecule has 1 saturated carbocycles. The number of ether oxygens (including phenoxy) is 1. The lowest BCUT2D eigenvalue weighted by atomic mass is 10.1. The summed E-state index contributed by atoms with van der Waals surface area (Å²) in [7, 11) is 0. The average molecular weight is 217 g/mol. The summed E-state index contributed by atoms with van der Waals surface area (Å²) in [6.45, 7) is 1.33. The Hall–Kier alpha value is -0.830. The minimum absolute atomic E-state index is 0.146. The first-order chi connectivity index (χ1) is 6.63. The Morgan fingerprint density at radius 2 is 2.36 bits per heavy atom. The second kappa shape index (κ2) is 5.15. The fourth-order valence-corrected chi connectivity index (χ4v) is 1.62. The first-order valence-corrected chi connectivity index (χ1v) is 5.14. The summed E-state index contributed by atoms with van der Waals surface area (Å²) >= 11 is 5.60. The minimum atomic E-state index is -0.466. The third kappa shape index (κ3) is 3.14. The molecule has 0 bridgehead atoms. The van der Waals surface area contributed by atoms with Gasteiger partial charge in [-0.2, -0.15) is 0 Å². The van der Waals surface area contributed by atoms with Crippen molar-refractivity contribution in [1.82, 2.24) is 0 Å². The number of rotatable bonds is 3. The number of allylic oxidation sites excluding steroid dienone is 1. The van der Waals surface area contributed by atoms with Crippen molar-refractivity contribution in [2.24, 2.45) is 0 Å². The predicted octanol–water partition coefficient (Wildman–Crippen LogP) is 1.84. The van der Waals surface area contributed by atoms with Crippen LogP contribution in [0.1, 0.15) is 26.2 Å². The number of halogens is 1. The van der Waals surface area contributed by atoms with Gasteiger partial charge in [0, 0.05) is 13.3 Å². The maximum atomic E-state index is 11.3. The molecule has 0 amide bonds. The molecule has 1 rings (SSSR count). The van der Waals surface area contributed by atoms with Crippen LogP contribution in [0.15, 0.2) is 11.6 Å². The van der Waals surface area contributed by atoms with Crippen LogP contribution < -0.4 is 0 Å². The van der Waals surface area contributed by atoms with E-state index in [0.29, 0.717) is 6.42 Å². The normalized spacial score (nSPS) is 21.3. The van der Waals surface area contributed by atoms with Gasteiger partial charge in [0.25, 0.3) is 0 Å². The van der Waals surface area contributed by atoms with Crippen molar-refractivity contribution >= 4 is 23.4 Å². The maximum Gasteiger partial charge on any atom is 0.303 e. The number of carbonyl (C=O) groups excluding carboxylic acids is 2. The number of esters is 1. The highest BCUT2D eigenvalue weighted by atomic mass is 35.5. The van der Waals surface area contributed by atoms with Crippen LogP contribution >= 0.6 is 11.6 Å². The van der Waals surface area contributed by atoms with Crippen LogP contribution in [0, 0.1) is 0 Å². The van der Waals surface area contributed by atoms with Crippen LogP contribution in [0.2, 0.25) is 0 Å². The lowest BCUT2D eigenvalue weighted by molar-refractivity contribution is -0.143. The zero-order valence-corrected chi connectivity index (χ0v) is 8.84. The topological polar surface area (TPSA) is 43.4 Å². The van der Waals surface area contributed by atoms with Crippen molar-refractivity contribution in [3.05, 3.63) is 11.6 Å². The van der Waals surface area contributed by atoms with Gasteiger partial charge >= 0.3 is 5.97 Å². The van der Waals surface area contributed by atoms with Crippen molar-refractivity contribution in [2.45, 2.75) is 32.3 Å². The number of ketones is 1. The molecular formula is C10H13ClO3. The molecular weight excluding hydrogens is 204 g/mol. The Morgan fingerprint density at radius 1 is 1.64 bits per heavy atom. The molecule has 0 aromatic rings. The van der Waals surface area contributed by atoms with Gasteiger partial charge in [0.2, 0.25) is 0 Å². The van der Waals surface area contributed by atoms with E-state index < -0.39 is 6.10 Å². The van der Waals surface area contributed by atoms with Gasteiger partial charge in [-0.1, -0.05) is 0 Å². The molecule has 0 aliphatic heterocycles. The summed E-state index contributed by atoms with van der Waals surface area (Å²) < 4.78 is 4.91. The van der Waals surface area contributed by atoms with Crippen LogP contribution in [0.5, 0.6) is 0 Å². The molecule has 0 aromatic carbocycles. The fourth-order valence-electron chi connectivity index (χ4n) is 1.46. The van der Waals surface area contributed by atoms with E-state index in [1.807, 2.05) is 0 Å². The second-order valence-corrected chi connectivity index (χ2v) is 3.58. The molecule has 78 valence electrons. The van der Waals surface area contributed by atoms with E-state index in [2.05, 4.69) is 0 Å². The lowest BCUT2D eigenvalue weighted by Crippen LogP contribution is -2.16. The average Bonchev–Trinajstić information content (AvgIpc) is 2.50. The molecule has 3 nitrogen and oxygen atoms in total. The third-order valence-electron chi connectivity index (χ3n) is 2.06. The van der Waals surface area contributed by atoms with Gasteiger partial charge in [-0.15, -0.1) is 11.6 Å². The minimum Gasteiger partial charge on any atom is -0.457 e. The number of hydrogen-bond donors (Lipinski definition) is 0. The van der Waals surface area contributed by atoms with Gasteiger partial charge in [-0.3, -0.25) is 9.59 Å². The van der Waals surface area contributed by atoms with Crippen LogP contribution in [-0.4, -0.2) is 23.7 Å². The lowest BCUT2D eigenvalue weighted by Gasteiger charge is -2.10. The van der Waals surface area contributed by atoms with Gasteiger partial charge in [0.15, 0.2) is 5.78 Å². The largest absolute Gasteiger partial charge is 0.457 e. The zero-order valence-electron chi connectivity index (χ0n) is 8.09. The Kier molecular flexibility index (Phi) is 4.14. The maximum absolute atomic E-state index is 11.3. The second-order valence-electron chi connectivity index (χ2n) is 3.27. The predicted molar refractivity (Wildman–Crippen MR) is 53.2 cm³/mol. The standard InChI is InChI=1S/C10H13ClO3/c1-7(12)14-9(6-11)5-8-3-2-4-10(8)13/h5,9H,2-4,6H2,1H3. The van der Waals surface area contributed by atoms with Gasteiger partial charge in [0.05, 0.1) is 5.88 Å². The van der Waals surface area contributed by atoms with Gasteiger partial charge in [0.1, 0.15) is 6.10 Å². The van der Waals surface area contributed by atoms with Crippen molar-refractivity contribution in [2.75, 3.05) is 5.88 Å². The molecule has 0 saturated heterocycles. The van der Waals surface area contributed by atoms with E-state index in [-0.39, 0.29) is 17.6 Å². The van der Waals surface area contributed by atoms with Crippen molar-refractivity contribution in [3.63, 3.8) is 0 Å². The molecule has 1 fully saturated rings. The van der Waals surface area contributed by atoms with E-state index >= 15 is 0 Å². The quantitative estimate of drug-likeness (QED) is 0.411. The highest BCUT2D eigenvalue weighted by molar-refractivity contribution is 6.18. The van der Waals surface area contributed by atoms with E-state index in [1.54, 1.807) is 6.08 Å². The highest BCUT2D eigenvalue weighted by Gasteiger charge is 2.19. The summed E-state index contributed by atoms with van der Waals surface area (Å²) in [5, 5.41) is 0. The Balaban J connectivity index is 2.61. The van der Waals surface area contributed by atoms with E-state index in [0.717, 1.165) is 18.4 Å². The van der Waals surface area contributed by atoms with Gasteiger partial charge < -0.3 is 4.74 Å². The molecule has 0 radical (unpaired) electrons. The molecule has 4 heteroatoms. The summed E-state index contributed by atoms with van der Waals surface area (Å²) in [6.07, 6.45) is 3.46. The van der Waals surface area contributed by atoms with Gasteiger partial charge in [-0.25, -0.2) is 0 Å². The van der Waals surface area contributed by atoms with Crippen molar-refractivity contribution in [3.8, 4) is 0 Å². The molecule has 0 spiro atoms. The summed E-state index contributed by atoms with van der Waals surface area (Å²) in [5.41, 5.74) is 0.747. The smallest absolute Gasteiger partial charge is 0.303 e. The molecule has 0 heterocycles. The van der Waals surface area contributed by atoms with Crippen molar-refractivity contribution < 1.29 is 14.3 Å². The Morgan fingerprint density at radius 3 is 2.79 bits per heavy atom. The molecule has 1 atom stereocenters. The first kappa shape index (κ1) is 11.2. The monoisotopic (exact) mass is 216 g/mol. The fraction of sp³-hybridized carbons (Fsp3) is 0.600.